The Morgan fingerprint density at radius 2 is 0.766 bits per heavy atom. The van der Waals surface area contributed by atoms with Crippen LogP contribution in [-0.4, -0.2) is 81.7 Å². The van der Waals surface area contributed by atoms with Crippen LogP contribution in [0.15, 0.2) is 48.5 Å². The fourth-order valence-corrected chi connectivity index (χ4v) is 10.1. The van der Waals surface area contributed by atoms with Gasteiger partial charge in [0.25, 0.3) is 0 Å². The summed E-state index contributed by atoms with van der Waals surface area (Å²) in [5.41, 5.74) is 1.74. The predicted octanol–water partition coefficient (Wildman–Crippen LogP) is 23.5. The summed E-state index contributed by atoms with van der Waals surface area (Å²) < 4.78 is 31.8. The van der Waals surface area contributed by atoms with Crippen LogP contribution in [0.3, 0.4) is 0 Å². The summed E-state index contributed by atoms with van der Waals surface area (Å²) in [6, 6.07) is 14.1. The van der Waals surface area contributed by atoms with Crippen molar-refractivity contribution in [1.29, 1.82) is 0 Å². The standard InChI is InChI=1S/C36H60O6.C26H40O5.C9H20O.C4H10S.C4H10.C2H6/c1-4-7-9-10-11-15-18-28-40-34(37)21-16-13-12-14-17-22-35(38)42-33-25-23-32(24-26-33)30-36(39)41-29-27-31(19-6-3)20-8-5-2;1-2-3-4-5-6-10-13-22-30-25(28)14-11-8-7-9-12-15-26(29)31-24-18-16-23(17-19-24)20-21-27;1-4-5-6-9(2)7-8-10-3;1-3-4-5-2;1-3-4-2;1-2/h23-26,31H,4-22,27-30H2,1-3H3;16-19,21H,2-15,20,22H2,1H3;9H,4-8H2,1-3H3;3-4H2,1-2H3;3-4H2,1-2H3;1-2H3. The molecular formula is C81H146O12S. The van der Waals surface area contributed by atoms with Crippen LogP contribution in [0.4, 0.5) is 0 Å². The first-order valence-corrected chi connectivity index (χ1v) is 39.6. The number of hydrogen-bond donors (Lipinski definition) is 0. The fourth-order valence-electron chi connectivity index (χ4n) is 9.71. The van der Waals surface area contributed by atoms with Crippen LogP contribution in [-0.2, 0) is 60.6 Å². The van der Waals surface area contributed by atoms with Crippen molar-refractivity contribution in [1.82, 2.24) is 0 Å². The van der Waals surface area contributed by atoms with Crippen molar-refractivity contribution in [2.75, 3.05) is 45.5 Å². The van der Waals surface area contributed by atoms with Gasteiger partial charge in [0.05, 0.1) is 26.2 Å². The average molecular weight is 1340 g/mol. The number of carbonyl (C=O) groups is 6. The maximum absolute atomic E-state index is 12.2. The highest BCUT2D eigenvalue weighted by atomic mass is 32.2. The highest BCUT2D eigenvalue weighted by Gasteiger charge is 2.13. The van der Waals surface area contributed by atoms with Crippen LogP contribution in [0, 0.1) is 11.8 Å². The first-order chi connectivity index (χ1) is 45.8. The van der Waals surface area contributed by atoms with E-state index in [9.17, 15) is 28.8 Å². The second-order valence-electron chi connectivity index (χ2n) is 24.8. The molecule has 0 heterocycles. The molecule has 0 saturated carbocycles. The minimum Gasteiger partial charge on any atom is -0.466 e. The van der Waals surface area contributed by atoms with Gasteiger partial charge in [0.15, 0.2) is 0 Å². The Labute approximate surface area is 582 Å². The van der Waals surface area contributed by atoms with Gasteiger partial charge in [0, 0.05) is 45.8 Å². The topological polar surface area (TPSA) is 158 Å². The lowest BCUT2D eigenvalue weighted by molar-refractivity contribution is -0.144. The van der Waals surface area contributed by atoms with E-state index >= 15 is 0 Å². The number of aldehydes is 1. The molecule has 0 saturated heterocycles. The molecule has 0 aliphatic heterocycles. The molecule has 0 spiro atoms. The van der Waals surface area contributed by atoms with Crippen LogP contribution in [0.25, 0.3) is 0 Å². The fraction of sp³-hybridized carbons (Fsp3) is 0.778. The molecule has 0 fully saturated rings. The Hall–Kier alpha value is -4.23. The molecule has 0 aliphatic rings. The summed E-state index contributed by atoms with van der Waals surface area (Å²) in [4.78, 5) is 70.4. The molecule has 13 heteroatoms. The molecule has 2 atom stereocenters. The lowest BCUT2D eigenvalue weighted by atomic mass is 9.94. The van der Waals surface area contributed by atoms with Crippen molar-refractivity contribution in [2.24, 2.45) is 11.8 Å². The largest absolute Gasteiger partial charge is 0.466 e. The van der Waals surface area contributed by atoms with E-state index in [0.29, 0.717) is 69.3 Å². The highest BCUT2D eigenvalue weighted by molar-refractivity contribution is 7.98. The first-order valence-electron chi connectivity index (χ1n) is 38.2. The molecule has 0 aliphatic carbocycles. The second kappa shape index (κ2) is 79.5. The summed E-state index contributed by atoms with van der Waals surface area (Å²) in [6.07, 6.45) is 47.5. The van der Waals surface area contributed by atoms with E-state index in [4.69, 9.17) is 28.4 Å². The molecule has 0 aromatic heterocycles. The molecule has 548 valence electrons. The molecule has 94 heavy (non-hydrogen) atoms. The van der Waals surface area contributed by atoms with Gasteiger partial charge in [-0.3, -0.25) is 24.0 Å². The predicted molar refractivity (Wildman–Crippen MR) is 399 cm³/mol. The van der Waals surface area contributed by atoms with E-state index in [2.05, 4.69) is 68.6 Å². The first kappa shape index (κ1) is 96.2. The zero-order valence-electron chi connectivity index (χ0n) is 63.1. The van der Waals surface area contributed by atoms with E-state index in [-0.39, 0.29) is 36.3 Å². The third-order valence-corrected chi connectivity index (χ3v) is 16.6. The minimum absolute atomic E-state index is 0.0891. The van der Waals surface area contributed by atoms with Crippen molar-refractivity contribution in [2.45, 2.75) is 352 Å². The molecule has 0 amide bonds. The third-order valence-electron chi connectivity index (χ3n) is 15.7. The van der Waals surface area contributed by atoms with E-state index in [0.717, 1.165) is 133 Å². The van der Waals surface area contributed by atoms with E-state index in [1.54, 1.807) is 43.5 Å². The number of esters is 5. The number of thioether (sulfide) groups is 1. The lowest BCUT2D eigenvalue weighted by Crippen LogP contribution is -2.12. The van der Waals surface area contributed by atoms with Gasteiger partial charge in [-0.25, -0.2) is 0 Å². The maximum atomic E-state index is 12.2. The minimum atomic E-state index is -0.249. The van der Waals surface area contributed by atoms with E-state index in [1.165, 1.54) is 141 Å². The van der Waals surface area contributed by atoms with E-state index in [1.807, 2.05) is 37.7 Å². The van der Waals surface area contributed by atoms with Crippen LogP contribution < -0.4 is 9.47 Å². The summed E-state index contributed by atoms with van der Waals surface area (Å²) in [5.74, 6) is 2.90. The molecule has 2 aromatic carbocycles. The normalized spacial score (nSPS) is 11.0. The van der Waals surface area contributed by atoms with Crippen molar-refractivity contribution in [3.05, 3.63) is 59.7 Å². The highest BCUT2D eigenvalue weighted by Crippen LogP contribution is 2.21. The number of carbonyl (C=O) groups excluding carboxylic acids is 6. The molecule has 2 unspecified atom stereocenters. The van der Waals surface area contributed by atoms with Gasteiger partial charge < -0.3 is 33.2 Å². The van der Waals surface area contributed by atoms with Crippen LogP contribution >= 0.6 is 11.8 Å². The number of ether oxygens (including phenoxy) is 6. The Morgan fingerprint density at radius 3 is 1.14 bits per heavy atom. The van der Waals surface area contributed by atoms with Gasteiger partial charge in [-0.2, -0.15) is 11.8 Å². The Balaban J connectivity index is -0.000000673. The summed E-state index contributed by atoms with van der Waals surface area (Å²) in [7, 11) is 1.77. The van der Waals surface area contributed by atoms with Crippen molar-refractivity contribution in [3.63, 3.8) is 0 Å². The quantitative estimate of drug-likeness (QED) is 0.0203. The molecule has 2 aromatic rings. The van der Waals surface area contributed by atoms with Gasteiger partial charge in [-0.05, 0) is 117 Å². The summed E-state index contributed by atoms with van der Waals surface area (Å²) in [5, 5.41) is 0. The van der Waals surface area contributed by atoms with Crippen molar-refractivity contribution in [3.8, 4) is 11.5 Å². The molecule has 0 N–H and O–H groups in total. The smallest absolute Gasteiger partial charge is 0.311 e. The molecular weight excluding hydrogens is 1200 g/mol. The van der Waals surface area contributed by atoms with Crippen LogP contribution in [0.5, 0.6) is 11.5 Å². The number of methoxy groups -OCH3 is 1. The maximum Gasteiger partial charge on any atom is 0.311 e. The lowest BCUT2D eigenvalue weighted by Gasteiger charge is -2.15. The molecule has 2 rings (SSSR count). The summed E-state index contributed by atoms with van der Waals surface area (Å²) in [6.45, 7) is 26.4. The zero-order chi connectivity index (χ0) is 70.6. The summed E-state index contributed by atoms with van der Waals surface area (Å²) >= 11 is 1.90. The molecule has 12 nitrogen and oxygen atoms in total. The number of rotatable bonds is 55. The van der Waals surface area contributed by atoms with Gasteiger partial charge >= 0.3 is 29.8 Å². The van der Waals surface area contributed by atoms with Crippen molar-refractivity contribution >= 4 is 47.9 Å². The van der Waals surface area contributed by atoms with Gasteiger partial charge in [0.1, 0.15) is 17.8 Å². The van der Waals surface area contributed by atoms with E-state index < -0.39 is 0 Å². The van der Waals surface area contributed by atoms with Gasteiger partial charge in [-0.15, -0.1) is 0 Å². The Kier molecular flexibility index (Phi) is 81.3. The number of unbranched alkanes of at least 4 members (excludes halogenated alkanes) is 23. The van der Waals surface area contributed by atoms with Gasteiger partial charge in [-0.1, -0.05) is 280 Å². The molecule has 0 radical (unpaired) electrons. The third kappa shape index (κ3) is 73.6. The van der Waals surface area contributed by atoms with Gasteiger partial charge in [0.2, 0.25) is 0 Å². The number of hydrogen-bond acceptors (Lipinski definition) is 13. The van der Waals surface area contributed by atoms with Crippen LogP contribution in [0.2, 0.25) is 0 Å². The van der Waals surface area contributed by atoms with Crippen LogP contribution in [0.1, 0.15) is 351 Å². The number of benzene rings is 2. The second-order valence-corrected chi connectivity index (χ2v) is 25.8. The average Bonchev–Trinajstić information content (AvgIpc) is 1.12. The Bertz CT molecular complexity index is 1910. The SMILES string of the molecule is CC.CCCC.CCCCC(C)CCOC.CCCCCCCCCOC(=O)CCCCCCCC(=O)Oc1ccc(CC(=O)OCCC(CCC)CCCC)cc1.CCCCCCCCCOC(=O)CCCCCCCC(=O)Oc1ccc(CC=O)cc1.CCCSC. The molecule has 0 bridgehead atoms. The Morgan fingerprint density at radius 1 is 0.383 bits per heavy atom. The zero-order valence-corrected chi connectivity index (χ0v) is 63.9. The van der Waals surface area contributed by atoms with Crippen molar-refractivity contribution < 1.29 is 57.2 Å². The monoisotopic (exact) mass is 1340 g/mol.